The van der Waals surface area contributed by atoms with E-state index in [0.717, 1.165) is 47.9 Å². The molecule has 34 heavy (non-hydrogen) atoms. The van der Waals surface area contributed by atoms with Gasteiger partial charge in [0.2, 0.25) is 0 Å². The fourth-order valence-electron chi connectivity index (χ4n) is 4.37. The van der Waals surface area contributed by atoms with Crippen LogP contribution in [0.2, 0.25) is 0 Å². The fraction of sp³-hybridized carbons (Fsp3) is 0.200. The maximum absolute atomic E-state index is 10.1. The molecule has 0 amide bonds. The van der Waals surface area contributed by atoms with Crippen LogP contribution >= 0.6 is 0 Å². The first kappa shape index (κ1) is 23.2. The number of rotatable bonds is 9. The van der Waals surface area contributed by atoms with Gasteiger partial charge in [-0.15, -0.1) is 0 Å². The van der Waals surface area contributed by atoms with Gasteiger partial charge in [-0.1, -0.05) is 60.7 Å². The van der Waals surface area contributed by atoms with Gasteiger partial charge in [0, 0.05) is 0 Å². The second-order valence-electron chi connectivity index (χ2n) is 8.69. The van der Waals surface area contributed by atoms with E-state index in [9.17, 15) is 20.4 Å². The average Bonchev–Trinajstić information content (AvgIpc) is 2.85. The van der Waals surface area contributed by atoms with Crippen molar-refractivity contribution in [3.63, 3.8) is 0 Å². The van der Waals surface area contributed by atoms with E-state index in [1.54, 1.807) is 24.3 Å². The van der Waals surface area contributed by atoms with Crippen molar-refractivity contribution in [2.24, 2.45) is 0 Å². The highest BCUT2D eigenvalue weighted by atomic mass is 16.3. The van der Waals surface area contributed by atoms with Crippen molar-refractivity contribution >= 4 is 0 Å². The summed E-state index contributed by atoms with van der Waals surface area (Å²) >= 11 is 0. The van der Waals surface area contributed by atoms with Crippen LogP contribution in [0.25, 0.3) is 0 Å². The topological polar surface area (TPSA) is 80.9 Å². The second kappa shape index (κ2) is 10.8. The van der Waals surface area contributed by atoms with Crippen molar-refractivity contribution in [1.29, 1.82) is 0 Å². The normalized spacial score (nSPS) is 10.9. The maximum Gasteiger partial charge on any atom is 0.157 e. The molecule has 0 spiro atoms. The zero-order valence-electron chi connectivity index (χ0n) is 19.1. The van der Waals surface area contributed by atoms with E-state index in [2.05, 4.69) is 24.3 Å². The molecule has 0 atom stereocenters. The van der Waals surface area contributed by atoms with E-state index in [1.807, 2.05) is 36.4 Å². The molecule has 174 valence electrons. The van der Waals surface area contributed by atoms with Crippen LogP contribution in [0.4, 0.5) is 0 Å². The SMILES string of the molecule is Oc1cc(CCc2ccccc2)c(CCc2cc(O)c(O)cc2CCc2ccccc2)cc1O. The molecule has 0 aromatic heterocycles. The molecule has 0 fully saturated rings. The minimum Gasteiger partial charge on any atom is -0.504 e. The largest absolute Gasteiger partial charge is 0.504 e. The summed E-state index contributed by atoms with van der Waals surface area (Å²) in [5.41, 5.74) is 6.35. The summed E-state index contributed by atoms with van der Waals surface area (Å²) in [7, 11) is 0. The van der Waals surface area contributed by atoms with E-state index >= 15 is 0 Å². The molecule has 0 radical (unpaired) electrons. The summed E-state index contributed by atoms with van der Waals surface area (Å²) < 4.78 is 0. The van der Waals surface area contributed by atoms with Crippen LogP contribution in [-0.2, 0) is 38.5 Å². The Morgan fingerprint density at radius 3 is 0.912 bits per heavy atom. The minimum atomic E-state index is -0.128. The number of phenols is 4. The van der Waals surface area contributed by atoms with Crippen molar-refractivity contribution in [1.82, 2.24) is 0 Å². The molecule has 4 rings (SSSR count). The molecule has 0 aliphatic heterocycles. The Kier molecular flexibility index (Phi) is 7.38. The lowest BCUT2D eigenvalue weighted by Gasteiger charge is -2.15. The third-order valence-electron chi connectivity index (χ3n) is 6.31. The summed E-state index contributed by atoms with van der Waals surface area (Å²) in [6.45, 7) is 0. The molecule has 4 aromatic carbocycles. The number of hydrogen-bond acceptors (Lipinski definition) is 4. The molecule has 0 heterocycles. The lowest BCUT2D eigenvalue weighted by molar-refractivity contribution is 0.402. The van der Waals surface area contributed by atoms with Gasteiger partial charge < -0.3 is 20.4 Å². The number of aromatic hydroxyl groups is 4. The minimum absolute atomic E-state index is 0.113. The van der Waals surface area contributed by atoms with E-state index in [1.165, 1.54) is 11.1 Å². The molecule has 4 heteroatoms. The van der Waals surface area contributed by atoms with Crippen LogP contribution < -0.4 is 0 Å². The molecule has 0 aliphatic carbocycles. The monoisotopic (exact) mass is 454 g/mol. The molecule has 0 saturated carbocycles. The van der Waals surface area contributed by atoms with E-state index < -0.39 is 0 Å². The van der Waals surface area contributed by atoms with Crippen molar-refractivity contribution in [3.05, 3.63) is 118 Å². The number of phenolic OH excluding ortho intramolecular Hbond substituents is 4. The molecular weight excluding hydrogens is 424 g/mol. The smallest absolute Gasteiger partial charge is 0.157 e. The Balaban J connectivity index is 1.53. The van der Waals surface area contributed by atoms with Gasteiger partial charge in [0.05, 0.1) is 0 Å². The number of hydrogen-bond donors (Lipinski definition) is 4. The lowest BCUT2D eigenvalue weighted by Crippen LogP contribution is -2.03. The molecule has 0 bridgehead atoms. The number of benzene rings is 4. The Bertz CT molecular complexity index is 1130. The maximum atomic E-state index is 10.1. The van der Waals surface area contributed by atoms with Gasteiger partial charge in [0.25, 0.3) is 0 Å². The zero-order chi connectivity index (χ0) is 23.9. The molecule has 0 aliphatic rings. The van der Waals surface area contributed by atoms with Crippen LogP contribution in [0.15, 0.2) is 84.9 Å². The summed E-state index contributed by atoms with van der Waals surface area (Å²) in [6.07, 6.45) is 4.44. The van der Waals surface area contributed by atoms with Gasteiger partial charge in [-0.25, -0.2) is 0 Å². The molecule has 4 nitrogen and oxygen atoms in total. The lowest BCUT2D eigenvalue weighted by atomic mass is 9.92. The van der Waals surface area contributed by atoms with Crippen LogP contribution in [0, 0.1) is 0 Å². The second-order valence-corrected chi connectivity index (χ2v) is 8.69. The van der Waals surface area contributed by atoms with Crippen molar-refractivity contribution in [3.8, 4) is 23.0 Å². The summed E-state index contributed by atoms with van der Waals surface area (Å²) in [5, 5.41) is 40.4. The van der Waals surface area contributed by atoms with Gasteiger partial charge >= 0.3 is 0 Å². The van der Waals surface area contributed by atoms with Gasteiger partial charge in [-0.2, -0.15) is 0 Å². The van der Waals surface area contributed by atoms with Crippen molar-refractivity contribution in [2.75, 3.05) is 0 Å². The van der Waals surface area contributed by atoms with Crippen LogP contribution in [0.3, 0.4) is 0 Å². The predicted molar refractivity (Wildman–Crippen MR) is 135 cm³/mol. The van der Waals surface area contributed by atoms with E-state index in [-0.39, 0.29) is 23.0 Å². The molecule has 0 unspecified atom stereocenters. The fourth-order valence-corrected chi connectivity index (χ4v) is 4.37. The predicted octanol–water partition coefficient (Wildman–Crippen LogP) is 5.86. The van der Waals surface area contributed by atoms with Gasteiger partial charge in [-0.3, -0.25) is 0 Å². The van der Waals surface area contributed by atoms with Crippen LogP contribution in [-0.4, -0.2) is 20.4 Å². The average molecular weight is 455 g/mol. The first-order chi connectivity index (χ1) is 16.5. The first-order valence-corrected chi connectivity index (χ1v) is 11.6. The third-order valence-corrected chi connectivity index (χ3v) is 6.31. The molecule has 0 saturated heterocycles. The quantitative estimate of drug-likeness (QED) is 0.239. The van der Waals surface area contributed by atoms with Gasteiger partial charge in [-0.05, 0) is 96.2 Å². The standard InChI is InChI=1S/C30H30O4/c31-27-17-23(13-11-21-7-3-1-4-8-21)25(19-29(27)33)15-16-26-20-30(34)28(32)18-24(26)14-12-22-9-5-2-6-10-22/h1-10,17-20,31-34H,11-16H2. The molecule has 4 N–H and O–H groups in total. The summed E-state index contributed by atoms with van der Waals surface area (Å²) in [5.74, 6) is -0.483. The summed E-state index contributed by atoms with van der Waals surface area (Å²) in [4.78, 5) is 0. The Hall–Kier alpha value is -3.92. The molecular formula is C30H30O4. The van der Waals surface area contributed by atoms with Crippen LogP contribution in [0.5, 0.6) is 23.0 Å². The Morgan fingerprint density at radius 2 is 0.618 bits per heavy atom. The van der Waals surface area contributed by atoms with E-state index in [4.69, 9.17) is 0 Å². The number of aryl methyl sites for hydroxylation is 6. The van der Waals surface area contributed by atoms with Gasteiger partial charge in [0.15, 0.2) is 23.0 Å². The highest BCUT2D eigenvalue weighted by Crippen LogP contribution is 2.33. The van der Waals surface area contributed by atoms with Crippen molar-refractivity contribution < 1.29 is 20.4 Å². The third kappa shape index (κ3) is 5.90. The Morgan fingerprint density at radius 1 is 0.353 bits per heavy atom. The van der Waals surface area contributed by atoms with E-state index in [0.29, 0.717) is 12.8 Å². The van der Waals surface area contributed by atoms with Gasteiger partial charge in [0.1, 0.15) is 0 Å². The first-order valence-electron chi connectivity index (χ1n) is 11.6. The zero-order valence-corrected chi connectivity index (χ0v) is 19.1. The van der Waals surface area contributed by atoms with Crippen LogP contribution in [0.1, 0.15) is 33.4 Å². The Labute approximate surface area is 200 Å². The highest BCUT2D eigenvalue weighted by molar-refractivity contribution is 5.48. The highest BCUT2D eigenvalue weighted by Gasteiger charge is 2.13. The molecule has 4 aromatic rings. The van der Waals surface area contributed by atoms with Crippen molar-refractivity contribution in [2.45, 2.75) is 38.5 Å². The summed E-state index contributed by atoms with van der Waals surface area (Å²) in [6, 6.07) is 26.9.